The molecule has 0 radical (unpaired) electrons. The van der Waals surface area contributed by atoms with Crippen LogP contribution in [0.5, 0.6) is 0 Å². The number of piperazine rings is 1. The van der Waals surface area contributed by atoms with Gasteiger partial charge in [0.25, 0.3) is 10.0 Å². The molecule has 0 bridgehead atoms. The third-order valence-corrected chi connectivity index (χ3v) is 8.90. The van der Waals surface area contributed by atoms with Crippen LogP contribution in [0, 0.1) is 13.8 Å². The number of para-hydroxylation sites is 1. The molecule has 1 amide bonds. The van der Waals surface area contributed by atoms with Gasteiger partial charge >= 0.3 is 0 Å². The van der Waals surface area contributed by atoms with Crippen molar-refractivity contribution in [1.29, 1.82) is 0 Å². The van der Waals surface area contributed by atoms with E-state index < -0.39 is 10.0 Å². The van der Waals surface area contributed by atoms with Crippen LogP contribution in [0.2, 0.25) is 5.02 Å². The number of anilines is 1. The number of benzene rings is 2. The number of hydrogen-bond donors (Lipinski definition) is 1. The lowest BCUT2D eigenvalue weighted by Crippen LogP contribution is -2.49. The fourth-order valence-electron chi connectivity index (χ4n) is 4.40. The normalized spacial score (nSPS) is 16.2. The zero-order valence-corrected chi connectivity index (χ0v) is 22.9. The molecule has 2 aromatic rings. The van der Waals surface area contributed by atoms with Crippen molar-refractivity contribution in [3.8, 4) is 0 Å². The van der Waals surface area contributed by atoms with Gasteiger partial charge in [0.05, 0.1) is 10.6 Å². The quantitative estimate of drug-likeness (QED) is 0.548. The molecule has 1 N–H and O–H groups in total. The van der Waals surface area contributed by atoms with Crippen molar-refractivity contribution >= 4 is 33.2 Å². The van der Waals surface area contributed by atoms with Crippen LogP contribution < -0.4 is 9.62 Å². The minimum absolute atomic E-state index is 0.0314. The molecular weight excluding hydrogens is 484 g/mol. The monoisotopic (exact) mass is 520 g/mol. The van der Waals surface area contributed by atoms with Crippen molar-refractivity contribution in [2.75, 3.05) is 51.1 Å². The summed E-state index contributed by atoms with van der Waals surface area (Å²) in [5, 5.41) is 3.63. The number of nitrogens with zero attached hydrogens (tertiary/aromatic N) is 3. The van der Waals surface area contributed by atoms with Crippen LogP contribution in [0.4, 0.5) is 5.69 Å². The summed E-state index contributed by atoms with van der Waals surface area (Å²) in [5.74, 6) is -0.0314. The van der Waals surface area contributed by atoms with Gasteiger partial charge in [-0.2, -0.15) is 0 Å². The molecule has 9 heteroatoms. The summed E-state index contributed by atoms with van der Waals surface area (Å²) in [7, 11) is -0.120. The van der Waals surface area contributed by atoms with Crippen molar-refractivity contribution in [2.24, 2.45) is 0 Å². The van der Waals surface area contributed by atoms with Gasteiger partial charge in [-0.15, -0.1) is 0 Å². The number of amides is 1. The third kappa shape index (κ3) is 6.97. The van der Waals surface area contributed by atoms with E-state index in [0.29, 0.717) is 28.3 Å². The van der Waals surface area contributed by atoms with Crippen molar-refractivity contribution in [1.82, 2.24) is 15.1 Å². The number of sulfonamides is 1. The number of carbonyl (C=O) groups is 1. The maximum absolute atomic E-state index is 13.5. The number of nitrogens with one attached hydrogen (secondary N) is 1. The first-order valence-electron chi connectivity index (χ1n) is 12.0. The van der Waals surface area contributed by atoms with E-state index in [-0.39, 0.29) is 23.3 Å². The van der Waals surface area contributed by atoms with Gasteiger partial charge in [-0.1, -0.05) is 29.8 Å². The Kier molecular flexibility index (Phi) is 9.21. The summed E-state index contributed by atoms with van der Waals surface area (Å²) in [6.45, 7) is 10.5. The lowest BCUT2D eigenvalue weighted by Gasteiger charge is -2.34. The largest absolute Gasteiger partial charge is 0.352 e. The van der Waals surface area contributed by atoms with Gasteiger partial charge in [0.15, 0.2) is 0 Å². The van der Waals surface area contributed by atoms with Crippen molar-refractivity contribution in [3.63, 3.8) is 0 Å². The van der Waals surface area contributed by atoms with Crippen LogP contribution in [0.15, 0.2) is 41.3 Å². The van der Waals surface area contributed by atoms with Crippen LogP contribution in [0.3, 0.4) is 0 Å². The van der Waals surface area contributed by atoms with Gasteiger partial charge in [-0.25, -0.2) is 8.42 Å². The van der Waals surface area contributed by atoms with Crippen molar-refractivity contribution in [3.05, 3.63) is 58.1 Å². The maximum Gasteiger partial charge on any atom is 0.264 e. The van der Waals surface area contributed by atoms with E-state index in [4.69, 9.17) is 11.6 Å². The first kappa shape index (κ1) is 27.5. The summed E-state index contributed by atoms with van der Waals surface area (Å²) < 4.78 is 28.2. The summed E-state index contributed by atoms with van der Waals surface area (Å²) in [6.07, 6.45) is 0.735. The lowest BCUT2D eigenvalue weighted by atomic mass is 10.1. The highest BCUT2D eigenvalue weighted by molar-refractivity contribution is 7.92. The zero-order chi connectivity index (χ0) is 25.8. The fourth-order valence-corrected chi connectivity index (χ4v) is 6.14. The van der Waals surface area contributed by atoms with Crippen molar-refractivity contribution < 1.29 is 13.2 Å². The van der Waals surface area contributed by atoms with E-state index >= 15 is 0 Å². The number of likely N-dealkylation sites (N-methyl/N-ethyl adjacent to an activating group) is 1. The second-order valence-electron chi connectivity index (χ2n) is 9.54. The molecular formula is C26H37ClN4O3S. The van der Waals surface area contributed by atoms with E-state index in [0.717, 1.165) is 38.3 Å². The second-order valence-corrected chi connectivity index (χ2v) is 11.9. The highest BCUT2D eigenvalue weighted by atomic mass is 35.5. The molecule has 0 aliphatic carbocycles. The Morgan fingerprint density at radius 1 is 1.11 bits per heavy atom. The molecule has 2 aromatic carbocycles. The molecule has 1 saturated heterocycles. The van der Waals surface area contributed by atoms with Crippen LogP contribution in [-0.4, -0.2) is 77.0 Å². The number of hydrogen-bond acceptors (Lipinski definition) is 5. The predicted octanol–water partition coefficient (Wildman–Crippen LogP) is 3.47. The first-order valence-corrected chi connectivity index (χ1v) is 13.8. The first-order chi connectivity index (χ1) is 16.5. The highest BCUT2D eigenvalue weighted by Crippen LogP contribution is 2.30. The van der Waals surface area contributed by atoms with Crippen LogP contribution >= 0.6 is 11.6 Å². The third-order valence-electron chi connectivity index (χ3n) is 6.58. The van der Waals surface area contributed by atoms with Gasteiger partial charge in [0.2, 0.25) is 5.91 Å². The Balaban J connectivity index is 1.65. The molecule has 0 unspecified atom stereocenters. The summed E-state index contributed by atoms with van der Waals surface area (Å²) in [6, 6.07) is 10.7. The zero-order valence-electron chi connectivity index (χ0n) is 21.3. The van der Waals surface area contributed by atoms with Gasteiger partial charge in [-0.3, -0.25) is 14.0 Å². The van der Waals surface area contributed by atoms with E-state index in [1.165, 1.54) is 4.31 Å². The average Bonchev–Trinajstić information content (AvgIpc) is 2.81. The Hall–Kier alpha value is -2.13. The van der Waals surface area contributed by atoms with Gasteiger partial charge < -0.3 is 10.2 Å². The summed E-state index contributed by atoms with van der Waals surface area (Å²) in [4.78, 5) is 17.6. The lowest BCUT2D eigenvalue weighted by molar-refractivity contribution is -0.121. The Morgan fingerprint density at radius 2 is 1.77 bits per heavy atom. The molecule has 3 rings (SSSR count). The standard InChI is InChI=1S/C26H37ClN4O3S/c1-19-17-25(20(2)16-23(19)27)35(33,34)30(5)24-9-7-6-8-22(24)10-11-26(32)28-21(3)18-31-14-12-29(4)13-15-31/h6-9,16-17,21H,10-15,18H2,1-5H3,(H,28,32)/t21-/m0/s1. The molecule has 0 aromatic heterocycles. The van der Waals surface area contributed by atoms with Crippen LogP contribution in [0.25, 0.3) is 0 Å². The van der Waals surface area contributed by atoms with Gasteiger partial charge in [0, 0.05) is 57.3 Å². The minimum atomic E-state index is -3.80. The summed E-state index contributed by atoms with van der Waals surface area (Å²) >= 11 is 6.17. The van der Waals surface area contributed by atoms with Crippen LogP contribution in [-0.2, 0) is 21.2 Å². The van der Waals surface area contributed by atoms with Gasteiger partial charge in [0.1, 0.15) is 0 Å². The molecule has 1 atom stereocenters. The average molecular weight is 521 g/mol. The predicted molar refractivity (Wildman–Crippen MR) is 143 cm³/mol. The second kappa shape index (κ2) is 11.7. The van der Waals surface area contributed by atoms with E-state index in [1.54, 1.807) is 39.1 Å². The minimum Gasteiger partial charge on any atom is -0.352 e. The maximum atomic E-state index is 13.5. The molecule has 35 heavy (non-hydrogen) atoms. The SMILES string of the molecule is Cc1cc(S(=O)(=O)N(C)c2ccccc2CCC(=O)N[C@@H](C)CN2CCN(C)CC2)c(C)cc1Cl. The highest BCUT2D eigenvalue weighted by Gasteiger charge is 2.26. The van der Waals surface area contributed by atoms with E-state index in [1.807, 2.05) is 25.1 Å². The number of halogens is 1. The molecule has 1 heterocycles. The molecule has 1 fully saturated rings. The Labute approximate surface area is 215 Å². The smallest absolute Gasteiger partial charge is 0.264 e. The fraction of sp³-hybridized carbons (Fsp3) is 0.500. The Bertz CT molecular complexity index is 1150. The number of aryl methyl sites for hydroxylation is 3. The molecule has 1 aliphatic heterocycles. The topological polar surface area (TPSA) is 73.0 Å². The van der Waals surface area contributed by atoms with E-state index in [9.17, 15) is 13.2 Å². The van der Waals surface area contributed by atoms with Gasteiger partial charge in [-0.05, 0) is 69.1 Å². The number of carbonyl (C=O) groups excluding carboxylic acids is 1. The Morgan fingerprint density at radius 3 is 2.46 bits per heavy atom. The number of rotatable bonds is 9. The molecule has 7 nitrogen and oxygen atoms in total. The van der Waals surface area contributed by atoms with E-state index in [2.05, 4.69) is 22.2 Å². The van der Waals surface area contributed by atoms with Crippen molar-refractivity contribution in [2.45, 2.75) is 44.6 Å². The summed E-state index contributed by atoms with van der Waals surface area (Å²) in [5.41, 5.74) is 2.68. The molecule has 1 aliphatic rings. The molecule has 0 spiro atoms. The molecule has 0 saturated carbocycles. The van der Waals surface area contributed by atoms with Crippen LogP contribution in [0.1, 0.15) is 30.0 Å². The molecule has 192 valence electrons.